The van der Waals surface area contributed by atoms with Gasteiger partial charge in [-0.2, -0.15) is 0 Å². The Labute approximate surface area is 148 Å². The third kappa shape index (κ3) is 4.06. The van der Waals surface area contributed by atoms with Crippen molar-refractivity contribution in [3.05, 3.63) is 51.2 Å². The predicted octanol–water partition coefficient (Wildman–Crippen LogP) is 2.82. The molecule has 1 heterocycles. The van der Waals surface area contributed by atoms with Gasteiger partial charge in [-0.1, -0.05) is 0 Å². The summed E-state index contributed by atoms with van der Waals surface area (Å²) in [6, 6.07) is 8.10. The molecule has 0 bridgehead atoms. The van der Waals surface area contributed by atoms with Crippen LogP contribution in [0.2, 0.25) is 0 Å². The maximum absolute atomic E-state index is 12.0. The van der Waals surface area contributed by atoms with Gasteiger partial charge in [0.15, 0.2) is 6.61 Å². The molecule has 25 heavy (non-hydrogen) atoms. The average Bonchev–Trinajstić information content (AvgIpc) is 3.21. The number of benzene rings is 1. The Kier molecular flexibility index (Phi) is 5.14. The van der Waals surface area contributed by atoms with E-state index in [1.165, 1.54) is 28.9 Å². The van der Waals surface area contributed by atoms with Crippen molar-refractivity contribution in [3.8, 4) is 0 Å². The van der Waals surface area contributed by atoms with Crippen LogP contribution in [0.15, 0.2) is 30.3 Å². The van der Waals surface area contributed by atoms with E-state index in [9.17, 15) is 14.4 Å². The molecule has 0 saturated carbocycles. The van der Waals surface area contributed by atoms with Gasteiger partial charge in [-0.3, -0.25) is 4.79 Å². The lowest BCUT2D eigenvalue weighted by Gasteiger charge is -2.06. The zero-order valence-corrected chi connectivity index (χ0v) is 14.5. The molecule has 1 aliphatic rings. The minimum Gasteiger partial charge on any atom is -0.465 e. The molecule has 1 aromatic carbocycles. The summed E-state index contributed by atoms with van der Waals surface area (Å²) in [7, 11) is 1.30. The molecule has 0 fully saturated rings. The molecular formula is C18H17NO5S. The molecule has 1 aliphatic carbocycles. The molecule has 0 unspecified atom stereocenters. The lowest BCUT2D eigenvalue weighted by molar-refractivity contribution is -0.119. The second-order valence-electron chi connectivity index (χ2n) is 5.61. The fourth-order valence-electron chi connectivity index (χ4n) is 2.64. The van der Waals surface area contributed by atoms with Crippen LogP contribution in [0.1, 0.15) is 36.9 Å². The van der Waals surface area contributed by atoms with Gasteiger partial charge in [0.2, 0.25) is 0 Å². The van der Waals surface area contributed by atoms with E-state index in [4.69, 9.17) is 4.74 Å². The first-order chi connectivity index (χ1) is 12.1. The van der Waals surface area contributed by atoms with Crippen molar-refractivity contribution in [3.63, 3.8) is 0 Å². The molecule has 0 spiro atoms. The molecule has 1 N–H and O–H groups in total. The smallest absolute Gasteiger partial charge is 0.348 e. The van der Waals surface area contributed by atoms with E-state index in [0.717, 1.165) is 19.3 Å². The summed E-state index contributed by atoms with van der Waals surface area (Å²) < 4.78 is 9.67. The van der Waals surface area contributed by atoms with Crippen LogP contribution in [0.5, 0.6) is 0 Å². The number of thiophene rings is 1. The van der Waals surface area contributed by atoms with E-state index < -0.39 is 17.8 Å². The van der Waals surface area contributed by atoms with Crippen molar-refractivity contribution in [1.82, 2.24) is 0 Å². The van der Waals surface area contributed by atoms with Gasteiger partial charge in [0, 0.05) is 10.6 Å². The van der Waals surface area contributed by atoms with Gasteiger partial charge in [0.05, 0.1) is 12.7 Å². The Hall–Kier alpha value is -2.67. The Morgan fingerprint density at radius 2 is 1.88 bits per heavy atom. The number of esters is 2. The Morgan fingerprint density at radius 1 is 1.12 bits per heavy atom. The highest BCUT2D eigenvalue weighted by molar-refractivity contribution is 7.14. The molecule has 2 aromatic rings. The number of anilines is 1. The summed E-state index contributed by atoms with van der Waals surface area (Å²) in [6.45, 7) is -0.361. The third-order valence-electron chi connectivity index (χ3n) is 3.87. The molecule has 0 aliphatic heterocycles. The van der Waals surface area contributed by atoms with Gasteiger partial charge in [0.25, 0.3) is 5.91 Å². The van der Waals surface area contributed by atoms with Crippen LogP contribution in [-0.2, 0) is 27.1 Å². The molecule has 6 nitrogen and oxygen atoms in total. The summed E-state index contributed by atoms with van der Waals surface area (Å²) in [5.41, 5.74) is 2.11. The summed E-state index contributed by atoms with van der Waals surface area (Å²) in [5.74, 6) is -1.37. The second kappa shape index (κ2) is 7.48. The molecule has 130 valence electrons. The monoisotopic (exact) mass is 359 g/mol. The SMILES string of the molecule is COC(=O)c1ccc(NC(=O)COC(=O)c2cc3c(s2)CCC3)cc1. The maximum Gasteiger partial charge on any atom is 0.348 e. The molecule has 1 aromatic heterocycles. The molecule has 0 atom stereocenters. The van der Waals surface area contributed by atoms with Gasteiger partial charge >= 0.3 is 11.9 Å². The molecule has 3 rings (SSSR count). The standard InChI is InChI=1S/C18H17NO5S/c1-23-17(21)11-5-7-13(8-6-11)19-16(20)10-24-18(22)15-9-12-3-2-4-14(12)25-15/h5-9H,2-4,10H2,1H3,(H,19,20). The van der Waals surface area contributed by atoms with Crippen LogP contribution in [0.25, 0.3) is 0 Å². The number of fused-ring (bicyclic) bond motifs is 1. The third-order valence-corrected chi connectivity index (χ3v) is 5.09. The zero-order valence-electron chi connectivity index (χ0n) is 13.7. The van der Waals surface area contributed by atoms with Crippen molar-refractivity contribution < 1.29 is 23.9 Å². The normalized spacial score (nSPS) is 12.4. The number of hydrogen-bond acceptors (Lipinski definition) is 6. The number of rotatable bonds is 5. The van der Waals surface area contributed by atoms with Crippen molar-refractivity contribution >= 4 is 34.9 Å². The van der Waals surface area contributed by atoms with E-state index in [1.54, 1.807) is 24.3 Å². The van der Waals surface area contributed by atoms with Gasteiger partial charge in [0.1, 0.15) is 4.88 Å². The maximum atomic E-state index is 12.0. The second-order valence-corrected chi connectivity index (χ2v) is 6.74. The number of methoxy groups -OCH3 is 1. The van der Waals surface area contributed by atoms with Crippen LogP contribution < -0.4 is 5.32 Å². The summed E-state index contributed by atoms with van der Waals surface area (Å²) >= 11 is 1.44. The Balaban J connectivity index is 1.50. The van der Waals surface area contributed by atoms with Crippen LogP contribution in [0.4, 0.5) is 5.69 Å². The van der Waals surface area contributed by atoms with E-state index in [2.05, 4.69) is 10.1 Å². The lowest BCUT2D eigenvalue weighted by atomic mass is 10.2. The number of carbonyl (C=O) groups is 3. The van der Waals surface area contributed by atoms with E-state index >= 15 is 0 Å². The first kappa shape index (κ1) is 17.2. The van der Waals surface area contributed by atoms with Gasteiger partial charge in [-0.05, 0) is 55.2 Å². The number of nitrogens with one attached hydrogen (secondary N) is 1. The molecule has 7 heteroatoms. The Morgan fingerprint density at radius 3 is 2.56 bits per heavy atom. The first-order valence-corrected chi connectivity index (χ1v) is 8.65. The van der Waals surface area contributed by atoms with Crippen molar-refractivity contribution in [2.24, 2.45) is 0 Å². The van der Waals surface area contributed by atoms with E-state index in [1.807, 2.05) is 6.07 Å². The van der Waals surface area contributed by atoms with E-state index in [-0.39, 0.29) is 6.61 Å². The summed E-state index contributed by atoms with van der Waals surface area (Å²) in [6.07, 6.45) is 3.14. The highest BCUT2D eigenvalue weighted by Gasteiger charge is 2.20. The number of aryl methyl sites for hydroxylation is 2. The van der Waals surface area contributed by atoms with Gasteiger partial charge < -0.3 is 14.8 Å². The molecular weight excluding hydrogens is 342 g/mol. The van der Waals surface area contributed by atoms with Crippen LogP contribution in [-0.4, -0.2) is 31.6 Å². The average molecular weight is 359 g/mol. The van der Waals surface area contributed by atoms with E-state index in [0.29, 0.717) is 16.1 Å². The number of hydrogen-bond donors (Lipinski definition) is 1. The first-order valence-electron chi connectivity index (χ1n) is 7.84. The fourth-order valence-corrected chi connectivity index (χ4v) is 3.78. The molecule has 0 saturated heterocycles. The van der Waals surface area contributed by atoms with Crippen molar-refractivity contribution in [2.75, 3.05) is 19.0 Å². The van der Waals surface area contributed by atoms with Crippen molar-refractivity contribution in [2.45, 2.75) is 19.3 Å². The summed E-state index contributed by atoms with van der Waals surface area (Å²) in [4.78, 5) is 37.0. The van der Waals surface area contributed by atoms with Gasteiger partial charge in [-0.25, -0.2) is 9.59 Å². The lowest BCUT2D eigenvalue weighted by Crippen LogP contribution is -2.20. The predicted molar refractivity (Wildman–Crippen MR) is 93.0 cm³/mol. The van der Waals surface area contributed by atoms with Crippen LogP contribution in [0, 0.1) is 0 Å². The topological polar surface area (TPSA) is 81.7 Å². The molecule has 0 radical (unpaired) electrons. The highest BCUT2D eigenvalue weighted by atomic mass is 32.1. The van der Waals surface area contributed by atoms with Crippen LogP contribution >= 0.6 is 11.3 Å². The quantitative estimate of drug-likeness (QED) is 0.830. The van der Waals surface area contributed by atoms with Crippen LogP contribution in [0.3, 0.4) is 0 Å². The summed E-state index contributed by atoms with van der Waals surface area (Å²) in [5, 5.41) is 2.61. The van der Waals surface area contributed by atoms with Gasteiger partial charge in [-0.15, -0.1) is 11.3 Å². The number of carbonyl (C=O) groups excluding carboxylic acids is 3. The minimum atomic E-state index is -0.476. The highest BCUT2D eigenvalue weighted by Crippen LogP contribution is 2.30. The number of amides is 1. The van der Waals surface area contributed by atoms with Crippen molar-refractivity contribution in [1.29, 1.82) is 0 Å². The minimum absolute atomic E-state index is 0.361. The molecule has 1 amide bonds. The fraction of sp³-hybridized carbons (Fsp3) is 0.278. The Bertz CT molecular complexity index is 788. The zero-order chi connectivity index (χ0) is 17.8. The largest absolute Gasteiger partial charge is 0.465 e. The number of ether oxygens (including phenoxy) is 2.